The van der Waals surface area contributed by atoms with Crippen molar-refractivity contribution >= 4 is 52.7 Å². The number of rotatable bonds is 5. The Bertz CT molecular complexity index is 223. The fraction of sp³-hybridized carbons (Fsp3) is 1.00. The van der Waals surface area contributed by atoms with Crippen LogP contribution in [-0.4, -0.2) is 48.7 Å². The summed E-state index contributed by atoms with van der Waals surface area (Å²) < 4.78 is 11.1. The van der Waals surface area contributed by atoms with Crippen LogP contribution >= 0.6 is 44.9 Å². The zero-order valence-electron chi connectivity index (χ0n) is 9.54. The molecule has 16 heavy (non-hydrogen) atoms. The molecular weight excluding hydrogens is 357 g/mol. The Balaban J connectivity index is 2.71. The standard InChI is InChI=1S/C9H19BIO3PS/c1-2-4(3-15)8(16)7-6(14-11)5(12)9(10)13-7/h4-9,12,16H,2-3,10,15H2,1H3/t4?,5?,6?,7-,8+,9+/m0/s1. The van der Waals surface area contributed by atoms with Crippen molar-refractivity contribution in [3.8, 4) is 0 Å². The third-order valence-corrected chi connectivity index (χ3v) is 5.17. The molecule has 1 aliphatic rings. The van der Waals surface area contributed by atoms with E-state index in [1.165, 1.54) is 0 Å². The summed E-state index contributed by atoms with van der Waals surface area (Å²) >= 11 is 6.47. The highest BCUT2D eigenvalue weighted by molar-refractivity contribution is 14.1. The molecule has 7 heteroatoms. The number of halogens is 1. The molecule has 1 N–H and O–H groups in total. The van der Waals surface area contributed by atoms with Crippen molar-refractivity contribution < 1.29 is 12.9 Å². The van der Waals surface area contributed by atoms with E-state index in [0.29, 0.717) is 5.92 Å². The van der Waals surface area contributed by atoms with Crippen LogP contribution in [0, 0.1) is 5.92 Å². The van der Waals surface area contributed by atoms with Crippen LogP contribution in [0.2, 0.25) is 0 Å². The lowest BCUT2D eigenvalue weighted by Gasteiger charge is -2.28. The molecule has 1 heterocycles. The summed E-state index contributed by atoms with van der Waals surface area (Å²) in [6.45, 7) is 2.15. The number of hydrogen-bond donors (Lipinski definition) is 2. The van der Waals surface area contributed by atoms with Gasteiger partial charge >= 0.3 is 0 Å². The van der Waals surface area contributed by atoms with Gasteiger partial charge < -0.3 is 12.9 Å². The monoisotopic (exact) mass is 376 g/mol. The number of hydrogen-bond acceptors (Lipinski definition) is 4. The number of ether oxygens (including phenoxy) is 1. The maximum atomic E-state index is 9.91. The van der Waals surface area contributed by atoms with Gasteiger partial charge in [-0.3, -0.25) is 0 Å². The predicted octanol–water partition coefficient (Wildman–Crippen LogP) is 0.640. The highest BCUT2D eigenvalue weighted by Gasteiger charge is 2.46. The van der Waals surface area contributed by atoms with Crippen LogP contribution in [0.5, 0.6) is 0 Å². The minimum Gasteiger partial charge on any atom is -0.388 e. The lowest BCUT2D eigenvalue weighted by molar-refractivity contribution is 0.0443. The summed E-state index contributed by atoms with van der Waals surface area (Å²) in [5.74, 6) is 0.463. The molecule has 3 nitrogen and oxygen atoms in total. The van der Waals surface area contributed by atoms with Crippen molar-refractivity contribution in [1.82, 2.24) is 0 Å². The minimum absolute atomic E-state index is 0.0989. The SMILES string of the molecule is B[C@@H]1O[C@H]([C@H](S)C(CC)CP)C(OI)C1O. The molecule has 94 valence electrons. The maximum absolute atomic E-state index is 9.91. The van der Waals surface area contributed by atoms with E-state index >= 15 is 0 Å². The molecule has 0 bridgehead atoms. The van der Waals surface area contributed by atoms with Gasteiger partial charge in [-0.05, 0) is 12.1 Å². The topological polar surface area (TPSA) is 38.7 Å². The Kier molecular flexibility index (Phi) is 6.93. The normalized spacial score (nSPS) is 38.6. The smallest absolute Gasteiger partial charge is 0.142 e. The molecule has 7 atom stereocenters. The van der Waals surface area contributed by atoms with Gasteiger partial charge in [-0.25, -0.2) is 0 Å². The minimum atomic E-state index is -0.557. The van der Waals surface area contributed by atoms with E-state index < -0.39 is 6.10 Å². The third-order valence-electron chi connectivity index (χ3n) is 3.26. The van der Waals surface area contributed by atoms with Crippen LogP contribution < -0.4 is 0 Å². The Morgan fingerprint density at radius 2 is 2.31 bits per heavy atom. The quantitative estimate of drug-likeness (QED) is 0.320. The van der Waals surface area contributed by atoms with E-state index in [0.717, 1.165) is 12.6 Å². The largest absolute Gasteiger partial charge is 0.388 e. The molecule has 0 aliphatic carbocycles. The third kappa shape index (κ3) is 3.26. The zero-order valence-corrected chi connectivity index (χ0v) is 13.8. The molecule has 1 fully saturated rings. The summed E-state index contributed by atoms with van der Waals surface area (Å²) in [5.41, 5.74) is 0. The first kappa shape index (κ1) is 15.5. The van der Waals surface area contributed by atoms with Gasteiger partial charge in [0.2, 0.25) is 0 Å². The zero-order chi connectivity index (χ0) is 12.3. The van der Waals surface area contributed by atoms with E-state index in [1.807, 2.05) is 30.9 Å². The average molecular weight is 376 g/mol. The van der Waals surface area contributed by atoms with E-state index in [9.17, 15) is 5.11 Å². The van der Waals surface area contributed by atoms with E-state index in [-0.39, 0.29) is 23.5 Å². The van der Waals surface area contributed by atoms with Crippen molar-refractivity contribution in [2.24, 2.45) is 5.92 Å². The van der Waals surface area contributed by atoms with E-state index in [1.54, 1.807) is 0 Å². The fourth-order valence-electron chi connectivity index (χ4n) is 2.06. The maximum Gasteiger partial charge on any atom is 0.142 e. The van der Waals surface area contributed by atoms with Gasteiger partial charge in [-0.2, -0.15) is 12.6 Å². The Labute approximate surface area is 120 Å². The molecule has 0 amide bonds. The highest BCUT2D eigenvalue weighted by atomic mass is 127. The van der Waals surface area contributed by atoms with Crippen molar-refractivity contribution in [3.63, 3.8) is 0 Å². The first-order valence-electron chi connectivity index (χ1n) is 5.55. The molecule has 0 aromatic rings. The van der Waals surface area contributed by atoms with Gasteiger partial charge in [0.05, 0.1) is 12.1 Å². The van der Waals surface area contributed by atoms with Gasteiger partial charge in [-0.15, -0.1) is 9.24 Å². The molecular formula is C9H19BIO3PS. The van der Waals surface area contributed by atoms with Crippen LogP contribution in [0.15, 0.2) is 0 Å². The van der Waals surface area contributed by atoms with Gasteiger partial charge in [0.1, 0.15) is 43.1 Å². The lowest BCUT2D eigenvalue weighted by atomic mass is 9.91. The molecule has 0 saturated carbocycles. The van der Waals surface area contributed by atoms with Crippen molar-refractivity contribution in [2.75, 3.05) is 6.16 Å². The van der Waals surface area contributed by atoms with Crippen molar-refractivity contribution in [1.29, 1.82) is 0 Å². The second kappa shape index (κ2) is 7.14. The van der Waals surface area contributed by atoms with Crippen molar-refractivity contribution in [2.45, 2.75) is 42.9 Å². The van der Waals surface area contributed by atoms with Crippen LogP contribution in [0.4, 0.5) is 0 Å². The summed E-state index contributed by atoms with van der Waals surface area (Å²) in [6.07, 6.45) is 1.08. The van der Waals surface area contributed by atoms with Crippen LogP contribution in [0.3, 0.4) is 0 Å². The molecule has 0 aromatic carbocycles. The molecule has 1 aliphatic heterocycles. The Hall–Kier alpha value is 1.45. The number of aliphatic hydroxyl groups is 1. The summed E-state index contributed by atoms with van der Waals surface area (Å²) in [6, 6.07) is -0.179. The van der Waals surface area contributed by atoms with Gasteiger partial charge in [0.25, 0.3) is 0 Å². The van der Waals surface area contributed by atoms with Crippen LogP contribution in [0.1, 0.15) is 13.3 Å². The number of thiol groups is 1. The highest BCUT2D eigenvalue weighted by Crippen LogP contribution is 2.33. The lowest BCUT2D eigenvalue weighted by Crippen LogP contribution is -2.40. The fourth-order valence-corrected chi connectivity index (χ4v) is 4.08. The van der Waals surface area contributed by atoms with Gasteiger partial charge in [-0.1, -0.05) is 13.3 Å². The summed E-state index contributed by atoms with van der Waals surface area (Å²) in [4.78, 5) is 0. The van der Waals surface area contributed by atoms with Gasteiger partial charge in [0, 0.05) is 5.25 Å². The molecule has 0 radical (unpaired) electrons. The second-order valence-corrected chi connectivity index (χ2v) is 5.82. The predicted molar refractivity (Wildman–Crippen MR) is 83.2 cm³/mol. The van der Waals surface area contributed by atoms with Crippen LogP contribution in [-0.2, 0) is 7.80 Å². The first-order chi connectivity index (χ1) is 7.56. The molecule has 4 unspecified atom stereocenters. The molecule has 0 aromatic heterocycles. The summed E-state index contributed by atoms with van der Waals surface area (Å²) in [5, 5.41) is 10.0. The molecule has 1 saturated heterocycles. The summed E-state index contributed by atoms with van der Waals surface area (Å²) in [7, 11) is 4.62. The van der Waals surface area contributed by atoms with Gasteiger partial charge in [0.15, 0.2) is 0 Å². The first-order valence-corrected chi connectivity index (χ1v) is 7.77. The van der Waals surface area contributed by atoms with E-state index in [4.69, 9.17) is 7.80 Å². The molecule has 0 spiro atoms. The van der Waals surface area contributed by atoms with E-state index in [2.05, 4.69) is 28.8 Å². The van der Waals surface area contributed by atoms with Crippen molar-refractivity contribution in [3.05, 3.63) is 0 Å². The Morgan fingerprint density at radius 3 is 2.75 bits per heavy atom. The second-order valence-electron chi connectivity index (χ2n) is 4.24. The number of aliphatic hydroxyl groups excluding tert-OH is 1. The Morgan fingerprint density at radius 1 is 1.69 bits per heavy atom. The average Bonchev–Trinajstić information content (AvgIpc) is 2.56. The van der Waals surface area contributed by atoms with Crippen LogP contribution in [0.25, 0.3) is 0 Å². The molecule has 1 rings (SSSR count).